The minimum atomic E-state index is -2.40. The number of carbonyl (C=O) groups is 1. The Bertz CT molecular complexity index is 951. The molecule has 0 aliphatic carbocycles. The summed E-state index contributed by atoms with van der Waals surface area (Å²) in [5, 5.41) is -0.210. The number of nitrogens with zero attached hydrogens (tertiary/aromatic N) is 2. The maximum absolute atomic E-state index is 13.9. The SMILES string of the molecule is C[C@@H](Cc1c(F)ccc(Cl)c1F)OC(=O)c1cc(N=S(C)(C)=O)ccn1. The van der Waals surface area contributed by atoms with Crippen molar-refractivity contribution < 1.29 is 22.5 Å². The maximum Gasteiger partial charge on any atom is 0.357 e. The van der Waals surface area contributed by atoms with Gasteiger partial charge < -0.3 is 4.74 Å². The van der Waals surface area contributed by atoms with Gasteiger partial charge in [-0.1, -0.05) is 11.6 Å². The van der Waals surface area contributed by atoms with Gasteiger partial charge in [0.2, 0.25) is 0 Å². The molecular formula is C17H17ClF2N2O3S. The summed E-state index contributed by atoms with van der Waals surface area (Å²) in [6, 6.07) is 5.01. The van der Waals surface area contributed by atoms with Crippen molar-refractivity contribution in [1.29, 1.82) is 0 Å². The van der Waals surface area contributed by atoms with Gasteiger partial charge in [-0.2, -0.15) is 4.36 Å². The van der Waals surface area contributed by atoms with E-state index in [0.717, 1.165) is 12.1 Å². The predicted octanol–water partition coefficient (Wildman–Crippen LogP) is 4.16. The quantitative estimate of drug-likeness (QED) is 0.556. The number of hydrogen-bond acceptors (Lipinski definition) is 5. The Labute approximate surface area is 155 Å². The zero-order valence-corrected chi connectivity index (χ0v) is 15.9. The van der Waals surface area contributed by atoms with E-state index >= 15 is 0 Å². The van der Waals surface area contributed by atoms with Crippen LogP contribution in [0.5, 0.6) is 0 Å². The van der Waals surface area contributed by atoms with Crippen molar-refractivity contribution in [3.8, 4) is 0 Å². The monoisotopic (exact) mass is 402 g/mol. The zero-order valence-electron chi connectivity index (χ0n) is 14.3. The van der Waals surface area contributed by atoms with Crippen molar-refractivity contribution >= 4 is 33.0 Å². The van der Waals surface area contributed by atoms with E-state index in [-0.39, 0.29) is 22.7 Å². The molecule has 1 heterocycles. The number of benzene rings is 1. The Balaban J connectivity index is 2.14. The summed E-state index contributed by atoms with van der Waals surface area (Å²) in [7, 11) is -2.40. The molecule has 1 aromatic carbocycles. The Morgan fingerprint density at radius 2 is 2.04 bits per heavy atom. The highest BCUT2D eigenvalue weighted by atomic mass is 35.5. The molecule has 0 N–H and O–H groups in total. The molecule has 0 saturated carbocycles. The van der Waals surface area contributed by atoms with Crippen LogP contribution in [0.4, 0.5) is 14.5 Å². The molecule has 0 aliphatic heterocycles. The van der Waals surface area contributed by atoms with Gasteiger partial charge in [0.05, 0.1) is 10.7 Å². The van der Waals surface area contributed by atoms with Crippen molar-refractivity contribution in [3.63, 3.8) is 0 Å². The number of esters is 1. The number of pyridine rings is 1. The second-order valence-corrected chi connectivity index (χ2v) is 8.87. The summed E-state index contributed by atoms with van der Waals surface area (Å²) in [4.78, 5) is 16.1. The first kappa shape index (κ1) is 20.3. The van der Waals surface area contributed by atoms with Gasteiger partial charge in [-0.25, -0.2) is 22.8 Å². The van der Waals surface area contributed by atoms with Crippen molar-refractivity contribution in [3.05, 3.63) is 58.4 Å². The average molecular weight is 403 g/mol. The largest absolute Gasteiger partial charge is 0.458 e. The summed E-state index contributed by atoms with van der Waals surface area (Å²) >= 11 is 5.65. The molecule has 0 bridgehead atoms. The normalized spacial score (nSPS) is 12.5. The second kappa shape index (κ2) is 8.09. The molecule has 2 aromatic rings. The summed E-state index contributed by atoms with van der Waals surface area (Å²) in [5.41, 5.74) is 0.0153. The van der Waals surface area contributed by atoms with Gasteiger partial charge in [0.25, 0.3) is 0 Å². The van der Waals surface area contributed by atoms with Crippen LogP contribution in [0.3, 0.4) is 0 Å². The first-order chi connectivity index (χ1) is 12.1. The number of hydrogen-bond donors (Lipinski definition) is 0. The molecule has 5 nitrogen and oxygen atoms in total. The van der Waals surface area contributed by atoms with E-state index in [4.69, 9.17) is 16.3 Å². The molecule has 140 valence electrons. The molecule has 0 fully saturated rings. The molecule has 0 saturated heterocycles. The molecule has 1 atom stereocenters. The topological polar surface area (TPSA) is 68.6 Å². The van der Waals surface area contributed by atoms with Crippen LogP contribution >= 0.6 is 11.6 Å². The minimum Gasteiger partial charge on any atom is -0.458 e. The van der Waals surface area contributed by atoms with Crippen molar-refractivity contribution in [2.75, 3.05) is 12.5 Å². The van der Waals surface area contributed by atoms with Gasteiger partial charge in [-0.3, -0.25) is 0 Å². The lowest BCUT2D eigenvalue weighted by molar-refractivity contribution is 0.0332. The van der Waals surface area contributed by atoms with Gasteiger partial charge in [0.1, 0.15) is 17.7 Å². The fourth-order valence-electron chi connectivity index (χ4n) is 2.17. The minimum absolute atomic E-state index is 0.0474. The third-order valence-electron chi connectivity index (χ3n) is 3.22. The summed E-state index contributed by atoms with van der Waals surface area (Å²) in [5.74, 6) is -2.43. The molecule has 0 aliphatic rings. The fraction of sp³-hybridized carbons (Fsp3) is 0.294. The van der Waals surface area contributed by atoms with E-state index in [0.29, 0.717) is 5.69 Å². The first-order valence-corrected chi connectivity index (χ1v) is 10.2. The molecule has 9 heteroatoms. The van der Waals surface area contributed by atoms with E-state index in [1.807, 2.05) is 0 Å². The molecule has 1 aromatic heterocycles. The Kier molecular flexibility index (Phi) is 6.30. The number of halogens is 3. The molecular weight excluding hydrogens is 386 g/mol. The van der Waals surface area contributed by atoms with E-state index < -0.39 is 33.4 Å². The van der Waals surface area contributed by atoms with Crippen molar-refractivity contribution in [2.24, 2.45) is 4.36 Å². The average Bonchev–Trinajstić information content (AvgIpc) is 2.54. The van der Waals surface area contributed by atoms with Gasteiger partial charge in [-0.05, 0) is 31.2 Å². The summed E-state index contributed by atoms with van der Waals surface area (Å²) in [6.07, 6.45) is 3.24. The third kappa shape index (κ3) is 5.47. The highest BCUT2D eigenvalue weighted by molar-refractivity contribution is 7.92. The molecule has 0 spiro atoms. The second-order valence-electron chi connectivity index (χ2n) is 5.91. The first-order valence-electron chi connectivity index (χ1n) is 7.53. The van der Waals surface area contributed by atoms with Crippen LogP contribution in [0, 0.1) is 11.6 Å². The number of aromatic nitrogens is 1. The predicted molar refractivity (Wildman–Crippen MR) is 96.3 cm³/mol. The Morgan fingerprint density at radius 3 is 2.69 bits per heavy atom. The third-order valence-corrected chi connectivity index (χ3v) is 4.16. The van der Waals surface area contributed by atoms with Crippen LogP contribution in [0.2, 0.25) is 5.02 Å². The zero-order chi connectivity index (χ0) is 19.5. The van der Waals surface area contributed by atoms with Gasteiger partial charge in [0.15, 0.2) is 5.69 Å². The summed E-state index contributed by atoms with van der Waals surface area (Å²) in [6.45, 7) is 1.50. The van der Waals surface area contributed by atoms with E-state index in [1.165, 1.54) is 37.8 Å². The summed E-state index contributed by atoms with van der Waals surface area (Å²) < 4.78 is 48.6. The lowest BCUT2D eigenvalue weighted by atomic mass is 10.1. The van der Waals surface area contributed by atoms with Gasteiger partial charge in [0, 0.05) is 40.4 Å². The smallest absolute Gasteiger partial charge is 0.357 e. The molecule has 0 unspecified atom stereocenters. The van der Waals surface area contributed by atoms with Gasteiger partial charge >= 0.3 is 5.97 Å². The lowest BCUT2D eigenvalue weighted by Crippen LogP contribution is -2.19. The maximum atomic E-state index is 13.9. The lowest BCUT2D eigenvalue weighted by Gasteiger charge is -2.14. The highest BCUT2D eigenvalue weighted by Gasteiger charge is 2.19. The molecule has 0 radical (unpaired) electrons. The van der Waals surface area contributed by atoms with Crippen LogP contribution in [0.25, 0.3) is 0 Å². The molecule has 26 heavy (non-hydrogen) atoms. The van der Waals surface area contributed by atoms with Gasteiger partial charge in [-0.15, -0.1) is 0 Å². The number of carbonyl (C=O) groups excluding carboxylic acids is 1. The van der Waals surface area contributed by atoms with Crippen LogP contribution in [-0.4, -0.2) is 33.8 Å². The highest BCUT2D eigenvalue weighted by Crippen LogP contribution is 2.23. The number of ether oxygens (including phenoxy) is 1. The molecule has 0 amide bonds. The van der Waals surface area contributed by atoms with Crippen molar-refractivity contribution in [2.45, 2.75) is 19.4 Å². The van der Waals surface area contributed by atoms with E-state index in [2.05, 4.69) is 9.35 Å². The van der Waals surface area contributed by atoms with E-state index in [9.17, 15) is 17.8 Å². The van der Waals surface area contributed by atoms with E-state index in [1.54, 1.807) is 0 Å². The van der Waals surface area contributed by atoms with Crippen LogP contribution in [0.1, 0.15) is 23.0 Å². The molecule has 2 rings (SSSR count). The van der Waals surface area contributed by atoms with Crippen molar-refractivity contribution in [1.82, 2.24) is 4.98 Å². The van der Waals surface area contributed by atoms with Crippen LogP contribution < -0.4 is 0 Å². The van der Waals surface area contributed by atoms with Crippen LogP contribution in [0.15, 0.2) is 34.8 Å². The standard InChI is InChI=1S/C17H17ClF2N2O3S/c1-10(8-12-14(19)5-4-13(18)16(12)20)25-17(23)15-9-11(6-7-21-15)22-26(2,3)24/h4-7,9-10H,8H2,1-3H3/t10-/m0/s1. The van der Waals surface area contributed by atoms with Crippen LogP contribution in [-0.2, 0) is 20.9 Å². The Hall–Kier alpha value is -2.06. The Morgan fingerprint density at radius 1 is 1.35 bits per heavy atom. The fourth-order valence-corrected chi connectivity index (χ4v) is 2.97. The number of rotatable bonds is 5.